The van der Waals surface area contributed by atoms with Gasteiger partial charge in [0.05, 0.1) is 14.2 Å². The Morgan fingerprint density at radius 2 is 1.93 bits per heavy atom. The van der Waals surface area contributed by atoms with Crippen molar-refractivity contribution in [1.29, 1.82) is 0 Å². The molecule has 3 aromatic heterocycles. The second kappa shape index (κ2) is 8.79. The van der Waals surface area contributed by atoms with Crippen molar-refractivity contribution >= 4 is 63.5 Å². The fourth-order valence-corrected chi connectivity index (χ4v) is 5.12. The van der Waals surface area contributed by atoms with Crippen LogP contribution >= 0.6 is 45.9 Å². The van der Waals surface area contributed by atoms with Gasteiger partial charge in [0.25, 0.3) is 5.91 Å². The number of thiophene rings is 1. The van der Waals surface area contributed by atoms with Gasteiger partial charge >= 0.3 is 0 Å². The van der Waals surface area contributed by atoms with Gasteiger partial charge in [0.2, 0.25) is 5.91 Å². The second-order valence-corrected chi connectivity index (χ2v) is 9.57. The zero-order valence-electron chi connectivity index (χ0n) is 15.1. The summed E-state index contributed by atoms with van der Waals surface area (Å²) in [5, 5.41) is 5.88. The minimum absolute atomic E-state index is 0.0857. The highest BCUT2D eigenvalue weighted by Crippen LogP contribution is 2.33. The monoisotopic (exact) mass is 466 g/mol. The van der Waals surface area contributed by atoms with E-state index in [1.165, 1.54) is 28.9 Å². The number of hydrogen-bond donors (Lipinski definition) is 1. The van der Waals surface area contributed by atoms with E-state index in [1.807, 2.05) is 12.1 Å². The van der Waals surface area contributed by atoms with Crippen molar-refractivity contribution in [3.8, 4) is 9.88 Å². The quantitative estimate of drug-likeness (QED) is 0.582. The third-order valence-corrected chi connectivity index (χ3v) is 7.11. The molecule has 1 aliphatic rings. The summed E-state index contributed by atoms with van der Waals surface area (Å²) in [7, 11) is 0. The maximum absolute atomic E-state index is 12.8. The first kappa shape index (κ1) is 20.3. The predicted molar refractivity (Wildman–Crippen MR) is 117 cm³/mol. The number of carbonyl (C=O) groups is 2. The summed E-state index contributed by atoms with van der Waals surface area (Å²) in [5.74, 6) is 0.128. The van der Waals surface area contributed by atoms with Gasteiger partial charge in [0.15, 0.2) is 0 Å². The molecule has 29 heavy (non-hydrogen) atoms. The average Bonchev–Trinajstić information content (AvgIpc) is 3.38. The molecular weight excluding hydrogens is 451 g/mol. The number of rotatable bonds is 4. The van der Waals surface area contributed by atoms with E-state index in [0.29, 0.717) is 46.8 Å². The number of amides is 2. The van der Waals surface area contributed by atoms with Gasteiger partial charge in [-0.1, -0.05) is 23.2 Å². The summed E-state index contributed by atoms with van der Waals surface area (Å²) < 4.78 is 0.692. The average molecular weight is 467 g/mol. The van der Waals surface area contributed by atoms with Gasteiger partial charge < -0.3 is 10.2 Å². The molecule has 10 heteroatoms. The van der Waals surface area contributed by atoms with E-state index < -0.39 is 0 Å². The number of anilines is 1. The number of pyridine rings is 1. The highest BCUT2D eigenvalue weighted by molar-refractivity contribution is 7.23. The Kier molecular flexibility index (Phi) is 6.15. The molecule has 150 valence electrons. The summed E-state index contributed by atoms with van der Waals surface area (Å²) in [4.78, 5) is 36.5. The molecule has 0 spiro atoms. The number of nitrogens with one attached hydrogen (secondary N) is 1. The molecule has 0 atom stereocenters. The fourth-order valence-electron chi connectivity index (χ4n) is 3.10. The molecule has 1 aliphatic heterocycles. The van der Waals surface area contributed by atoms with Crippen molar-refractivity contribution in [3.63, 3.8) is 0 Å². The lowest BCUT2D eigenvalue weighted by Crippen LogP contribution is -2.41. The molecule has 4 heterocycles. The fraction of sp³-hybridized carbons (Fsp3) is 0.263. The maximum atomic E-state index is 12.8. The molecule has 0 radical (unpaired) electrons. The van der Waals surface area contributed by atoms with Crippen molar-refractivity contribution in [2.45, 2.75) is 12.8 Å². The number of likely N-dealkylation sites (tertiary alicyclic amines) is 1. The third-order valence-electron chi connectivity index (χ3n) is 4.64. The van der Waals surface area contributed by atoms with Gasteiger partial charge in [0.1, 0.15) is 16.5 Å². The van der Waals surface area contributed by atoms with E-state index >= 15 is 0 Å². The van der Waals surface area contributed by atoms with E-state index in [1.54, 1.807) is 22.4 Å². The SMILES string of the molecule is O=C(Nc1ccc(Cl)cn1)C1CCN(C(=O)c2csc(-c3ccc(Cl)s3)n2)CC1. The zero-order valence-corrected chi connectivity index (χ0v) is 18.2. The maximum Gasteiger partial charge on any atom is 0.273 e. The Balaban J connectivity index is 1.33. The highest BCUT2D eigenvalue weighted by atomic mass is 35.5. The standard InChI is InChI=1S/C19H16Cl2N4O2S2/c20-12-1-4-16(22-9-12)24-17(26)11-5-7-25(8-6-11)19(27)13-10-28-18(23-13)14-2-3-15(21)29-14/h1-4,9-11H,5-8H2,(H,22,24,26). The molecule has 0 aromatic carbocycles. The van der Waals surface area contributed by atoms with E-state index in [9.17, 15) is 9.59 Å². The molecule has 1 fully saturated rings. The normalized spacial score (nSPS) is 14.8. The van der Waals surface area contributed by atoms with Gasteiger partial charge in [-0.05, 0) is 37.1 Å². The topological polar surface area (TPSA) is 75.2 Å². The molecule has 6 nitrogen and oxygen atoms in total. The second-order valence-electron chi connectivity index (χ2n) is 6.56. The summed E-state index contributed by atoms with van der Waals surface area (Å²) in [6, 6.07) is 7.07. The number of thiazole rings is 1. The van der Waals surface area contributed by atoms with Crippen LogP contribution in [0.2, 0.25) is 9.36 Å². The molecule has 0 bridgehead atoms. The van der Waals surface area contributed by atoms with Gasteiger partial charge in [-0.3, -0.25) is 9.59 Å². The van der Waals surface area contributed by atoms with Crippen LogP contribution in [0.15, 0.2) is 35.8 Å². The van der Waals surface area contributed by atoms with Crippen molar-refractivity contribution in [1.82, 2.24) is 14.9 Å². The van der Waals surface area contributed by atoms with Crippen LogP contribution in [0.1, 0.15) is 23.3 Å². The predicted octanol–water partition coefficient (Wildman–Crippen LogP) is 5.06. The highest BCUT2D eigenvalue weighted by Gasteiger charge is 2.29. The smallest absolute Gasteiger partial charge is 0.273 e. The molecule has 2 amide bonds. The molecular formula is C19H16Cl2N4O2S2. The lowest BCUT2D eigenvalue weighted by molar-refractivity contribution is -0.121. The lowest BCUT2D eigenvalue weighted by atomic mass is 9.95. The summed E-state index contributed by atoms with van der Waals surface area (Å²) in [6.45, 7) is 1.03. The van der Waals surface area contributed by atoms with Gasteiger partial charge in [0, 0.05) is 30.6 Å². The van der Waals surface area contributed by atoms with Gasteiger partial charge in [-0.25, -0.2) is 9.97 Å². The number of nitrogens with zero attached hydrogens (tertiary/aromatic N) is 3. The zero-order chi connectivity index (χ0) is 20.4. The molecule has 1 N–H and O–H groups in total. The number of carbonyl (C=O) groups excluding carboxylic acids is 2. The van der Waals surface area contributed by atoms with Gasteiger partial charge in [-0.15, -0.1) is 22.7 Å². The van der Waals surface area contributed by atoms with Crippen LogP contribution < -0.4 is 5.32 Å². The largest absolute Gasteiger partial charge is 0.337 e. The third kappa shape index (κ3) is 4.78. The Hall–Kier alpha value is -2.00. The van der Waals surface area contributed by atoms with Crippen LogP contribution in [0, 0.1) is 5.92 Å². The summed E-state index contributed by atoms with van der Waals surface area (Å²) >= 11 is 14.7. The Bertz CT molecular complexity index is 1030. The van der Waals surface area contributed by atoms with Crippen molar-refractivity contribution in [3.05, 3.63) is 50.9 Å². The van der Waals surface area contributed by atoms with E-state index in [0.717, 1.165) is 9.88 Å². The van der Waals surface area contributed by atoms with Crippen molar-refractivity contribution in [2.75, 3.05) is 18.4 Å². The van der Waals surface area contributed by atoms with Crippen LogP contribution in [-0.4, -0.2) is 39.8 Å². The molecule has 0 aliphatic carbocycles. The number of aromatic nitrogens is 2. The van der Waals surface area contributed by atoms with Crippen LogP contribution in [-0.2, 0) is 4.79 Å². The molecule has 4 rings (SSSR count). The summed E-state index contributed by atoms with van der Waals surface area (Å²) in [6.07, 6.45) is 2.69. The molecule has 1 saturated heterocycles. The first-order valence-corrected chi connectivity index (χ1v) is 11.4. The number of hydrogen-bond acceptors (Lipinski definition) is 6. The summed E-state index contributed by atoms with van der Waals surface area (Å²) in [5.41, 5.74) is 0.433. The first-order valence-electron chi connectivity index (χ1n) is 8.92. The minimum atomic E-state index is -0.157. The Morgan fingerprint density at radius 3 is 2.59 bits per heavy atom. The van der Waals surface area contributed by atoms with E-state index in [2.05, 4.69) is 15.3 Å². The molecule has 0 unspecified atom stereocenters. The number of halogens is 2. The van der Waals surface area contributed by atoms with Gasteiger partial charge in [-0.2, -0.15) is 0 Å². The van der Waals surface area contributed by atoms with Crippen LogP contribution in [0.5, 0.6) is 0 Å². The van der Waals surface area contributed by atoms with E-state index in [-0.39, 0.29) is 17.7 Å². The molecule has 3 aromatic rings. The lowest BCUT2D eigenvalue weighted by Gasteiger charge is -2.30. The van der Waals surface area contributed by atoms with E-state index in [4.69, 9.17) is 23.2 Å². The molecule has 0 saturated carbocycles. The van der Waals surface area contributed by atoms with Crippen molar-refractivity contribution in [2.24, 2.45) is 5.92 Å². The minimum Gasteiger partial charge on any atom is -0.337 e. The number of piperidine rings is 1. The Morgan fingerprint density at radius 1 is 1.14 bits per heavy atom. The van der Waals surface area contributed by atoms with Crippen molar-refractivity contribution < 1.29 is 9.59 Å². The first-order chi connectivity index (χ1) is 14.0. The van der Waals surface area contributed by atoms with Crippen LogP contribution in [0.4, 0.5) is 5.82 Å². The van der Waals surface area contributed by atoms with Crippen LogP contribution in [0.25, 0.3) is 9.88 Å². The Labute approximate surface area is 185 Å². The van der Waals surface area contributed by atoms with Crippen LogP contribution in [0.3, 0.4) is 0 Å².